The van der Waals surface area contributed by atoms with E-state index in [1.807, 2.05) is 41.3 Å². The summed E-state index contributed by atoms with van der Waals surface area (Å²) in [7, 11) is 0. The van der Waals surface area contributed by atoms with E-state index in [1.54, 1.807) is 18.5 Å². The molecular weight excluding hydrogens is 374 g/mol. The number of likely N-dealkylation sites (tertiary alicyclic amines) is 1. The van der Waals surface area contributed by atoms with E-state index in [0.29, 0.717) is 6.54 Å². The molecular formula is C25H29N3O2. The molecule has 2 fully saturated rings. The third-order valence-corrected chi connectivity index (χ3v) is 6.64. The molecule has 2 amide bonds. The standard InChI is InChI=1S/C25H29N3O2/c1-2-19-5-7-21(8-6-19)24(30)28-16-11-25(12-17-28)18-22(25)23(29)27-13-3-4-20-9-14-26-15-10-20/h2,5-10,14-15,22H,1,3-4,11-13,16-18H2,(H,27,29). The normalized spacial score (nSPS) is 19.3. The van der Waals surface area contributed by atoms with Crippen LogP contribution >= 0.6 is 0 Å². The molecule has 1 aliphatic carbocycles. The van der Waals surface area contributed by atoms with Gasteiger partial charge in [0.05, 0.1) is 0 Å². The molecule has 1 atom stereocenters. The first-order valence-corrected chi connectivity index (χ1v) is 10.8. The summed E-state index contributed by atoms with van der Waals surface area (Å²) in [4.78, 5) is 31.3. The van der Waals surface area contributed by atoms with Crippen molar-refractivity contribution < 1.29 is 9.59 Å². The topological polar surface area (TPSA) is 62.3 Å². The fourth-order valence-electron chi connectivity index (χ4n) is 4.55. The van der Waals surface area contributed by atoms with Crippen LogP contribution in [0.5, 0.6) is 0 Å². The molecule has 1 unspecified atom stereocenters. The van der Waals surface area contributed by atoms with Crippen LogP contribution in [-0.4, -0.2) is 41.3 Å². The summed E-state index contributed by atoms with van der Waals surface area (Å²) in [6, 6.07) is 11.6. The molecule has 1 spiro atoms. The zero-order chi connectivity index (χ0) is 21.0. The smallest absolute Gasteiger partial charge is 0.253 e. The van der Waals surface area contributed by atoms with Gasteiger partial charge in [0, 0.05) is 43.5 Å². The SMILES string of the molecule is C=Cc1ccc(C(=O)N2CCC3(CC2)CC3C(=O)NCCCc2ccncc2)cc1. The Bertz CT molecular complexity index is 900. The minimum absolute atomic E-state index is 0.0817. The number of nitrogens with zero attached hydrogens (tertiary/aromatic N) is 2. The maximum atomic E-state index is 12.8. The van der Waals surface area contributed by atoms with E-state index in [9.17, 15) is 9.59 Å². The molecule has 5 nitrogen and oxygen atoms in total. The van der Waals surface area contributed by atoms with Crippen LogP contribution in [0.1, 0.15) is 47.2 Å². The first-order valence-electron chi connectivity index (χ1n) is 10.8. The lowest BCUT2D eigenvalue weighted by molar-refractivity contribution is -0.123. The highest BCUT2D eigenvalue weighted by atomic mass is 16.2. The number of hydrogen-bond donors (Lipinski definition) is 1. The van der Waals surface area contributed by atoms with Gasteiger partial charge in [-0.05, 0) is 72.9 Å². The van der Waals surface area contributed by atoms with Gasteiger partial charge in [-0.2, -0.15) is 0 Å². The van der Waals surface area contributed by atoms with Crippen molar-refractivity contribution in [3.8, 4) is 0 Å². The van der Waals surface area contributed by atoms with Crippen LogP contribution in [0.2, 0.25) is 0 Å². The summed E-state index contributed by atoms with van der Waals surface area (Å²) in [5, 5.41) is 3.11. The van der Waals surface area contributed by atoms with E-state index >= 15 is 0 Å². The Labute approximate surface area is 178 Å². The maximum absolute atomic E-state index is 12.8. The second-order valence-corrected chi connectivity index (χ2v) is 8.49. The van der Waals surface area contributed by atoms with Crippen LogP contribution in [0, 0.1) is 11.3 Å². The molecule has 2 heterocycles. The van der Waals surface area contributed by atoms with Gasteiger partial charge >= 0.3 is 0 Å². The number of hydrogen-bond acceptors (Lipinski definition) is 3. The van der Waals surface area contributed by atoms with Gasteiger partial charge in [0.15, 0.2) is 0 Å². The van der Waals surface area contributed by atoms with E-state index in [4.69, 9.17) is 0 Å². The molecule has 0 radical (unpaired) electrons. The molecule has 30 heavy (non-hydrogen) atoms. The quantitative estimate of drug-likeness (QED) is 0.717. The van der Waals surface area contributed by atoms with E-state index in [0.717, 1.165) is 56.3 Å². The fourth-order valence-corrected chi connectivity index (χ4v) is 4.55. The molecule has 4 rings (SSSR count). The maximum Gasteiger partial charge on any atom is 0.253 e. The van der Waals surface area contributed by atoms with Crippen molar-refractivity contribution in [2.24, 2.45) is 11.3 Å². The summed E-state index contributed by atoms with van der Waals surface area (Å²) < 4.78 is 0. The first kappa shape index (κ1) is 20.3. The molecule has 156 valence electrons. The Hall–Kier alpha value is -2.95. The Morgan fingerprint density at radius 3 is 2.50 bits per heavy atom. The number of amides is 2. The minimum Gasteiger partial charge on any atom is -0.356 e. The lowest BCUT2D eigenvalue weighted by Gasteiger charge is -2.33. The average molecular weight is 404 g/mol. The molecule has 1 aliphatic heterocycles. The molecule has 1 saturated heterocycles. The molecule has 0 bridgehead atoms. The van der Waals surface area contributed by atoms with Crippen molar-refractivity contribution in [2.45, 2.75) is 32.1 Å². The van der Waals surface area contributed by atoms with Gasteiger partial charge in [-0.3, -0.25) is 14.6 Å². The monoisotopic (exact) mass is 403 g/mol. The van der Waals surface area contributed by atoms with Gasteiger partial charge in [0.2, 0.25) is 5.91 Å². The summed E-state index contributed by atoms with van der Waals surface area (Å²) in [5.41, 5.74) is 3.09. The van der Waals surface area contributed by atoms with E-state index in [2.05, 4.69) is 16.9 Å². The van der Waals surface area contributed by atoms with Gasteiger partial charge < -0.3 is 10.2 Å². The predicted octanol–water partition coefficient (Wildman–Crippen LogP) is 3.72. The van der Waals surface area contributed by atoms with Crippen molar-refractivity contribution in [1.82, 2.24) is 15.2 Å². The largest absolute Gasteiger partial charge is 0.356 e. The highest BCUT2D eigenvalue weighted by molar-refractivity contribution is 5.94. The fraction of sp³-hybridized carbons (Fsp3) is 0.400. The molecule has 2 aromatic rings. The van der Waals surface area contributed by atoms with Crippen LogP contribution in [0.25, 0.3) is 6.08 Å². The van der Waals surface area contributed by atoms with Gasteiger partial charge in [-0.15, -0.1) is 0 Å². The summed E-state index contributed by atoms with van der Waals surface area (Å²) in [5.74, 6) is 0.380. The number of carbonyl (C=O) groups excluding carboxylic acids is 2. The zero-order valence-electron chi connectivity index (χ0n) is 17.3. The predicted molar refractivity (Wildman–Crippen MR) is 118 cm³/mol. The highest BCUT2D eigenvalue weighted by Crippen LogP contribution is 2.59. The summed E-state index contributed by atoms with van der Waals surface area (Å²) >= 11 is 0. The van der Waals surface area contributed by atoms with Crippen LogP contribution in [0.15, 0.2) is 55.4 Å². The van der Waals surface area contributed by atoms with E-state index in [-0.39, 0.29) is 23.1 Å². The Morgan fingerprint density at radius 2 is 1.83 bits per heavy atom. The second-order valence-electron chi connectivity index (χ2n) is 8.49. The number of pyridine rings is 1. The minimum atomic E-state index is 0.0817. The number of aryl methyl sites for hydroxylation is 1. The van der Waals surface area contributed by atoms with Crippen LogP contribution in [-0.2, 0) is 11.2 Å². The molecule has 1 saturated carbocycles. The second kappa shape index (κ2) is 8.82. The Balaban J connectivity index is 1.20. The van der Waals surface area contributed by atoms with Gasteiger partial charge in [0.25, 0.3) is 5.91 Å². The number of carbonyl (C=O) groups is 2. The van der Waals surface area contributed by atoms with Crippen molar-refractivity contribution in [1.29, 1.82) is 0 Å². The van der Waals surface area contributed by atoms with Crippen LogP contribution in [0.4, 0.5) is 0 Å². The third-order valence-electron chi connectivity index (χ3n) is 6.64. The lowest BCUT2D eigenvalue weighted by Crippen LogP contribution is -2.40. The van der Waals surface area contributed by atoms with E-state index < -0.39 is 0 Å². The zero-order valence-corrected chi connectivity index (χ0v) is 17.3. The molecule has 1 aromatic heterocycles. The highest BCUT2D eigenvalue weighted by Gasteiger charge is 2.58. The Kier molecular flexibility index (Phi) is 5.98. The summed E-state index contributed by atoms with van der Waals surface area (Å²) in [6.45, 7) is 5.91. The molecule has 5 heteroatoms. The lowest BCUT2D eigenvalue weighted by atomic mass is 9.90. The number of nitrogens with one attached hydrogen (secondary N) is 1. The van der Waals surface area contributed by atoms with Gasteiger partial charge in [-0.1, -0.05) is 24.8 Å². The van der Waals surface area contributed by atoms with Crippen LogP contribution in [0.3, 0.4) is 0 Å². The van der Waals surface area contributed by atoms with Gasteiger partial charge in [-0.25, -0.2) is 0 Å². The molecule has 2 aliphatic rings. The molecule has 1 aromatic carbocycles. The van der Waals surface area contributed by atoms with E-state index in [1.165, 1.54) is 5.56 Å². The number of benzene rings is 1. The van der Waals surface area contributed by atoms with Crippen LogP contribution < -0.4 is 5.32 Å². The van der Waals surface area contributed by atoms with Crippen molar-refractivity contribution in [3.63, 3.8) is 0 Å². The third kappa shape index (κ3) is 4.45. The van der Waals surface area contributed by atoms with Gasteiger partial charge in [0.1, 0.15) is 0 Å². The molecule has 1 N–H and O–H groups in total. The average Bonchev–Trinajstić information content (AvgIpc) is 3.50. The number of rotatable bonds is 7. The summed E-state index contributed by atoms with van der Waals surface area (Å²) in [6.07, 6.45) is 10.0. The number of aromatic nitrogens is 1. The van der Waals surface area contributed by atoms with Crippen molar-refractivity contribution >= 4 is 17.9 Å². The first-order chi connectivity index (χ1) is 14.6. The number of piperidine rings is 1. The van der Waals surface area contributed by atoms with Crippen molar-refractivity contribution in [3.05, 3.63) is 72.1 Å². The van der Waals surface area contributed by atoms with Crippen molar-refractivity contribution in [2.75, 3.05) is 19.6 Å². The Morgan fingerprint density at radius 1 is 1.13 bits per heavy atom.